The quantitative estimate of drug-likeness (QED) is 0.0300. The van der Waals surface area contributed by atoms with Crippen LogP contribution in [-0.2, 0) is 19.2 Å². The van der Waals surface area contributed by atoms with Crippen LogP contribution in [0.1, 0.15) is 413 Å². The Bertz CT molecular complexity index is 1870. The summed E-state index contributed by atoms with van der Waals surface area (Å²) in [7, 11) is 0. The third kappa shape index (κ3) is 85.4. The van der Waals surface area contributed by atoms with Crippen LogP contribution in [0.25, 0.3) is 0 Å². The zero-order chi connectivity index (χ0) is 70.8. The van der Waals surface area contributed by atoms with E-state index in [0.717, 1.165) is 109 Å². The van der Waals surface area contributed by atoms with Crippen molar-refractivity contribution in [3.8, 4) is 0 Å². The molecule has 0 aliphatic rings. The second-order valence-corrected chi connectivity index (χ2v) is 28.0. The first-order valence-electron chi connectivity index (χ1n) is 39.7. The summed E-state index contributed by atoms with van der Waals surface area (Å²) in [5.41, 5.74) is 0. The van der Waals surface area contributed by atoms with Gasteiger partial charge in [0, 0.05) is 25.6 Å². The van der Waals surface area contributed by atoms with Gasteiger partial charge in [-0.3, -0.25) is 19.2 Å². The molecule has 0 heterocycles. The van der Waals surface area contributed by atoms with Crippen LogP contribution < -0.4 is 0 Å². The number of carbonyl (C=O) groups excluding carboxylic acids is 1. The number of carboxylic acid groups (broad SMARTS) is 3. The maximum Gasteiger partial charge on any atom is 0.306 e. The fourth-order valence-corrected chi connectivity index (χ4v) is 12.6. The van der Waals surface area contributed by atoms with Crippen LogP contribution in [0.5, 0.6) is 0 Å². The Balaban J connectivity index is -0.000000582. The normalized spacial score (nSPS) is 11.9. The number of Topliss-reactive ketones (excluding diaryl/α,β-unsaturated/α-hetero) is 1. The highest BCUT2D eigenvalue weighted by Gasteiger charge is 2.19. The molecule has 4 atom stereocenters. The number of rotatable bonds is 71. The van der Waals surface area contributed by atoms with Gasteiger partial charge in [-0.1, -0.05) is 336 Å². The first kappa shape index (κ1) is 98.7. The molecule has 0 radical (unpaired) electrons. The number of carboxylic acids is 3. The Morgan fingerprint density at radius 2 is 0.411 bits per heavy atom. The van der Waals surface area contributed by atoms with Crippen LogP contribution >= 0.6 is 48.9 Å². The number of hydrogen-bond acceptors (Lipinski definition) is 12. The molecule has 0 aliphatic heterocycles. The number of nitrogens with zero attached hydrogens (tertiary/aromatic N) is 4. The Morgan fingerprint density at radius 3 is 0.621 bits per heavy atom. The number of aliphatic carboxylic acids is 3. The van der Waals surface area contributed by atoms with Gasteiger partial charge in [-0.05, 0) is 126 Å². The number of carbonyl (C=O) groups is 4. The highest BCUT2D eigenvalue weighted by Crippen LogP contribution is 2.23. The predicted molar refractivity (Wildman–Crippen MR) is 422 cm³/mol. The zero-order valence-electron chi connectivity index (χ0n) is 62.3. The van der Waals surface area contributed by atoms with E-state index in [2.05, 4.69) is 117 Å². The predicted octanol–water partition coefficient (Wildman–Crippen LogP) is 26.8. The van der Waals surface area contributed by atoms with Gasteiger partial charge in [0.2, 0.25) is 0 Å². The van der Waals surface area contributed by atoms with Crippen molar-refractivity contribution in [3.63, 3.8) is 0 Å². The summed E-state index contributed by atoms with van der Waals surface area (Å²) < 4.78 is 0. The average Bonchev–Trinajstić information content (AvgIpc) is 3.56. The second-order valence-electron chi connectivity index (χ2n) is 27.2. The minimum absolute atomic E-state index is 0.181. The minimum Gasteiger partial charge on any atom is -0.481 e. The van der Waals surface area contributed by atoms with Gasteiger partial charge in [0.25, 0.3) is 0 Å². The Morgan fingerprint density at radius 1 is 0.242 bits per heavy atom. The molecule has 11 nitrogen and oxygen atoms in total. The maximum atomic E-state index is 11.8. The number of ketones is 1. The lowest BCUT2D eigenvalue weighted by Gasteiger charge is -2.13. The molecule has 95 heavy (non-hydrogen) atoms. The molecule has 0 aromatic rings. The SMILES string of the molecule is CCCCCCCCCCCCCC(CCCCN=C=S)C(=O)O.CCCCCCCCCCCCCC(CCCN=C=S)C(=O)O.CCCCCCCCCCCCCC(CCN=C=S)C(=O)O.CCCCCCCCCCCCCCCC(CCCCN=C=S)C(C)=O. The third-order valence-corrected chi connectivity index (χ3v) is 19.1. The molecular formula is C80H148N4O7S4. The van der Waals surface area contributed by atoms with Crippen molar-refractivity contribution in [2.45, 2.75) is 413 Å². The first-order valence-corrected chi connectivity index (χ1v) is 41.3. The second kappa shape index (κ2) is 87.4. The maximum absolute atomic E-state index is 11.8. The van der Waals surface area contributed by atoms with E-state index in [1.807, 2.05) is 0 Å². The van der Waals surface area contributed by atoms with Crippen molar-refractivity contribution >= 4 is 93.2 Å². The largest absolute Gasteiger partial charge is 0.481 e. The van der Waals surface area contributed by atoms with Gasteiger partial charge in [0.05, 0.1) is 44.9 Å². The van der Waals surface area contributed by atoms with Crippen molar-refractivity contribution in [2.75, 3.05) is 26.2 Å². The molecule has 0 aliphatic carbocycles. The molecule has 3 N–H and O–H groups in total. The van der Waals surface area contributed by atoms with Gasteiger partial charge in [0.15, 0.2) is 0 Å². The van der Waals surface area contributed by atoms with Crippen LogP contribution in [0, 0.1) is 23.7 Å². The van der Waals surface area contributed by atoms with E-state index in [-0.39, 0.29) is 23.7 Å². The number of aliphatic imine (C=N–C) groups is 4. The summed E-state index contributed by atoms with van der Waals surface area (Å²) in [4.78, 5) is 60.8. The van der Waals surface area contributed by atoms with E-state index in [0.29, 0.717) is 38.3 Å². The van der Waals surface area contributed by atoms with Crippen molar-refractivity contribution in [1.82, 2.24) is 0 Å². The smallest absolute Gasteiger partial charge is 0.306 e. The molecule has 0 saturated carbocycles. The molecule has 0 aromatic heterocycles. The lowest BCUT2D eigenvalue weighted by atomic mass is 9.92. The summed E-state index contributed by atoms with van der Waals surface area (Å²) in [5, 5.41) is 37.0. The number of thiocarbonyl (C=S) groups is 4. The zero-order valence-corrected chi connectivity index (χ0v) is 65.5. The van der Waals surface area contributed by atoms with Crippen molar-refractivity contribution in [2.24, 2.45) is 43.6 Å². The Hall–Kier alpha value is -2.72. The van der Waals surface area contributed by atoms with Gasteiger partial charge in [-0.25, -0.2) is 20.0 Å². The lowest BCUT2D eigenvalue weighted by Crippen LogP contribution is -2.14. The number of unbranched alkanes of at least 4 members (excludes halogenated alkanes) is 44. The fourth-order valence-electron chi connectivity index (χ4n) is 12.3. The topological polar surface area (TPSA) is 178 Å². The van der Waals surface area contributed by atoms with Crippen LogP contribution in [0.3, 0.4) is 0 Å². The van der Waals surface area contributed by atoms with Crippen LogP contribution in [0.2, 0.25) is 0 Å². The molecule has 0 rings (SSSR count). The van der Waals surface area contributed by atoms with Crippen molar-refractivity contribution in [1.29, 1.82) is 0 Å². The Labute approximate surface area is 607 Å². The summed E-state index contributed by atoms with van der Waals surface area (Å²) in [6.45, 7) is 13.3. The van der Waals surface area contributed by atoms with E-state index in [4.69, 9.17) is 5.11 Å². The van der Waals surface area contributed by atoms with E-state index >= 15 is 0 Å². The third-order valence-electron chi connectivity index (χ3n) is 18.6. The highest BCUT2D eigenvalue weighted by molar-refractivity contribution is 7.78. The van der Waals surface area contributed by atoms with E-state index < -0.39 is 17.9 Å². The molecule has 0 amide bonds. The number of isothiocyanates is 4. The van der Waals surface area contributed by atoms with Gasteiger partial charge in [-0.2, -0.15) is 0 Å². The van der Waals surface area contributed by atoms with Gasteiger partial charge in [0.1, 0.15) is 5.78 Å². The molecule has 0 saturated heterocycles. The van der Waals surface area contributed by atoms with E-state index in [1.54, 1.807) is 6.92 Å². The fraction of sp³-hybridized carbons (Fsp3) is 0.900. The average molecular weight is 1410 g/mol. The first-order chi connectivity index (χ1) is 46.4. The molecule has 554 valence electrons. The van der Waals surface area contributed by atoms with Gasteiger partial charge in [-0.15, -0.1) is 0 Å². The number of hydrogen-bond donors (Lipinski definition) is 3. The van der Waals surface area contributed by atoms with E-state index in [1.165, 1.54) is 263 Å². The Kier molecular flexibility index (Phi) is 90.7. The van der Waals surface area contributed by atoms with Crippen molar-refractivity contribution < 1.29 is 34.5 Å². The van der Waals surface area contributed by atoms with E-state index in [9.17, 15) is 29.4 Å². The van der Waals surface area contributed by atoms with Crippen LogP contribution in [0.15, 0.2) is 20.0 Å². The van der Waals surface area contributed by atoms with Gasteiger partial charge >= 0.3 is 17.9 Å². The standard InChI is InChI=1S/C23H43NOS.C20H37NO2S.C19H35NO2S.C18H33NO2S/c1-3-4-5-6-7-8-9-10-11-12-13-14-15-18-23(22(2)25)19-16-17-20-24-21-26;1-2-3-4-5-6-7-8-9-10-11-12-15-19(20(22)23)16-13-14-17-21-18-24;1-2-3-4-5-6-7-8-9-10-11-12-14-18(19(21)22)15-13-16-20-17-23;1-2-3-4-5-6-7-8-9-10-11-12-13-17(18(20)21)14-15-19-16-22/h23H,3-20H2,1-2H3;19H,2-17H2,1H3,(H,22,23);18H,2-16H2,1H3,(H,21,22);17H,2-15H2,1H3,(H,20,21). The monoisotopic (exact) mass is 1410 g/mol. The molecule has 0 fully saturated rings. The van der Waals surface area contributed by atoms with Crippen LogP contribution in [0.4, 0.5) is 0 Å². The van der Waals surface area contributed by atoms with Gasteiger partial charge < -0.3 is 15.3 Å². The molecular weight excluding hydrogens is 1260 g/mol. The molecule has 15 heteroatoms. The molecule has 0 bridgehead atoms. The molecule has 4 unspecified atom stereocenters. The van der Waals surface area contributed by atoms with Crippen LogP contribution in [-0.4, -0.2) is 85.8 Å². The molecule has 0 aromatic carbocycles. The van der Waals surface area contributed by atoms with Crippen molar-refractivity contribution in [3.05, 3.63) is 0 Å². The summed E-state index contributed by atoms with van der Waals surface area (Å²) in [5.74, 6) is -2.04. The minimum atomic E-state index is -0.702. The summed E-state index contributed by atoms with van der Waals surface area (Å²) >= 11 is 18.1. The highest BCUT2D eigenvalue weighted by atomic mass is 32.1. The lowest BCUT2D eigenvalue weighted by molar-refractivity contribution is -0.143. The summed E-state index contributed by atoms with van der Waals surface area (Å²) in [6.07, 6.45) is 72.0. The summed E-state index contributed by atoms with van der Waals surface area (Å²) in [6, 6.07) is 0. The molecule has 0 spiro atoms.